The third-order valence-electron chi connectivity index (χ3n) is 6.06. The van der Waals surface area contributed by atoms with Gasteiger partial charge in [-0.3, -0.25) is 0 Å². The van der Waals surface area contributed by atoms with Gasteiger partial charge in [0.2, 0.25) is 0 Å². The molecule has 0 saturated heterocycles. The maximum absolute atomic E-state index is 10.2. The number of hydrogen-bond donors (Lipinski definition) is 2. The number of phenolic OH excluding ortho intramolecular Hbond substituents is 1. The summed E-state index contributed by atoms with van der Waals surface area (Å²) in [5.74, 6) is 0.481. The van der Waals surface area contributed by atoms with E-state index in [9.17, 15) is 5.11 Å². The molecule has 26 heavy (non-hydrogen) atoms. The second-order valence-corrected chi connectivity index (χ2v) is 8.88. The normalized spacial score (nSPS) is 17.3. The number of nitrogens with one attached hydrogen (secondary N) is 1. The Morgan fingerprint density at radius 3 is 2.58 bits per heavy atom. The Balaban J connectivity index is 1.74. The molecule has 0 radical (unpaired) electrons. The van der Waals surface area contributed by atoms with Crippen LogP contribution >= 0.6 is 11.3 Å². The number of phenols is 1. The zero-order valence-corrected chi connectivity index (χ0v) is 17.3. The molecule has 2 N–H and O–H groups in total. The lowest BCUT2D eigenvalue weighted by Crippen LogP contribution is -2.44. The van der Waals surface area contributed by atoms with E-state index < -0.39 is 0 Å². The summed E-state index contributed by atoms with van der Waals surface area (Å²) < 4.78 is 0. The predicted octanol–water partition coefficient (Wildman–Crippen LogP) is 5.75. The molecule has 0 fully saturated rings. The quantitative estimate of drug-likeness (QED) is 0.619. The van der Waals surface area contributed by atoms with Gasteiger partial charge < -0.3 is 10.4 Å². The third kappa shape index (κ3) is 3.99. The summed E-state index contributed by atoms with van der Waals surface area (Å²) in [5.41, 5.74) is 4.12. The van der Waals surface area contributed by atoms with E-state index in [-0.39, 0.29) is 5.41 Å². The second kappa shape index (κ2) is 8.58. The molecule has 2 nitrogen and oxygen atoms in total. The summed E-state index contributed by atoms with van der Waals surface area (Å²) in [4.78, 5) is 1.54. The largest absolute Gasteiger partial charge is 0.508 e. The van der Waals surface area contributed by atoms with Crippen LogP contribution in [0.4, 0.5) is 0 Å². The van der Waals surface area contributed by atoms with Crippen molar-refractivity contribution in [2.45, 2.75) is 77.2 Å². The van der Waals surface area contributed by atoms with Gasteiger partial charge in [-0.05, 0) is 73.2 Å². The fourth-order valence-corrected chi connectivity index (χ4v) is 5.70. The highest BCUT2D eigenvalue weighted by Gasteiger charge is 2.33. The van der Waals surface area contributed by atoms with E-state index in [0.717, 1.165) is 25.8 Å². The van der Waals surface area contributed by atoms with Crippen molar-refractivity contribution in [2.24, 2.45) is 0 Å². The second-order valence-electron chi connectivity index (χ2n) is 7.94. The Labute approximate surface area is 162 Å². The molecule has 0 aliphatic heterocycles. The number of aromatic hydroxyl groups is 1. The average Bonchev–Trinajstić information content (AvgIpc) is 3.18. The first kappa shape index (κ1) is 19.4. The van der Waals surface area contributed by atoms with Gasteiger partial charge in [-0.25, -0.2) is 0 Å². The minimum atomic E-state index is 0.270. The fourth-order valence-electron chi connectivity index (χ4n) is 4.71. The molecule has 1 heterocycles. The molecule has 3 rings (SSSR count). The Kier molecular flexibility index (Phi) is 6.42. The van der Waals surface area contributed by atoms with Gasteiger partial charge in [0.25, 0.3) is 0 Å². The molecule has 2 aromatic rings. The topological polar surface area (TPSA) is 32.3 Å². The molecule has 3 heteroatoms. The maximum Gasteiger partial charge on any atom is 0.119 e. The molecule has 0 unspecified atom stereocenters. The van der Waals surface area contributed by atoms with E-state index >= 15 is 0 Å². The summed E-state index contributed by atoms with van der Waals surface area (Å²) in [6.07, 6.45) is 8.07. The number of fused-ring (bicyclic) bond motifs is 1. The van der Waals surface area contributed by atoms with Crippen LogP contribution in [0.1, 0.15) is 67.5 Å². The third-order valence-corrected chi connectivity index (χ3v) is 7.18. The van der Waals surface area contributed by atoms with Crippen LogP contribution in [0.3, 0.4) is 0 Å². The highest BCUT2D eigenvalue weighted by Crippen LogP contribution is 2.37. The average molecular weight is 372 g/mol. The van der Waals surface area contributed by atoms with Crippen molar-refractivity contribution >= 4 is 11.3 Å². The molecule has 1 aliphatic carbocycles. The van der Waals surface area contributed by atoms with E-state index in [1.165, 1.54) is 42.4 Å². The Morgan fingerprint density at radius 2 is 1.92 bits per heavy atom. The molecule has 1 aliphatic rings. The van der Waals surface area contributed by atoms with E-state index in [1.807, 2.05) is 17.4 Å². The van der Waals surface area contributed by atoms with Gasteiger partial charge in [0.15, 0.2) is 0 Å². The first-order valence-electron chi connectivity index (χ1n) is 10.2. The predicted molar refractivity (Wildman–Crippen MR) is 112 cm³/mol. The smallest absolute Gasteiger partial charge is 0.119 e. The van der Waals surface area contributed by atoms with Gasteiger partial charge in [-0.1, -0.05) is 38.8 Å². The summed E-state index contributed by atoms with van der Waals surface area (Å²) >= 11 is 1.92. The van der Waals surface area contributed by atoms with Crippen LogP contribution in [0.25, 0.3) is 0 Å². The number of thiophene rings is 1. The van der Waals surface area contributed by atoms with Crippen LogP contribution in [0, 0.1) is 6.92 Å². The first-order valence-corrected chi connectivity index (χ1v) is 11.0. The molecule has 142 valence electrons. The van der Waals surface area contributed by atoms with Crippen molar-refractivity contribution < 1.29 is 5.11 Å². The molecular weight excluding hydrogens is 338 g/mol. The summed E-state index contributed by atoms with van der Waals surface area (Å²) in [7, 11) is 0. The Bertz CT molecular complexity index is 701. The monoisotopic (exact) mass is 371 g/mol. The van der Waals surface area contributed by atoms with Crippen molar-refractivity contribution in [3.63, 3.8) is 0 Å². The minimum Gasteiger partial charge on any atom is -0.508 e. The van der Waals surface area contributed by atoms with Crippen molar-refractivity contribution in [3.8, 4) is 5.75 Å². The van der Waals surface area contributed by atoms with Gasteiger partial charge in [-0.15, -0.1) is 11.3 Å². The van der Waals surface area contributed by atoms with Crippen molar-refractivity contribution in [2.75, 3.05) is 6.54 Å². The molecule has 1 aromatic heterocycles. The lowest BCUT2D eigenvalue weighted by molar-refractivity contribution is 0.312. The molecular formula is C23H33NOS. The van der Waals surface area contributed by atoms with Gasteiger partial charge in [0.05, 0.1) is 0 Å². The van der Waals surface area contributed by atoms with Gasteiger partial charge >= 0.3 is 0 Å². The number of hydrogen-bond acceptors (Lipinski definition) is 3. The molecule has 0 saturated carbocycles. The lowest BCUT2D eigenvalue weighted by atomic mass is 9.77. The van der Waals surface area contributed by atoms with E-state index in [0.29, 0.717) is 11.8 Å². The fraction of sp³-hybridized carbons (Fsp3) is 0.565. The maximum atomic E-state index is 10.2. The summed E-state index contributed by atoms with van der Waals surface area (Å²) in [5, 5.41) is 16.3. The molecule has 0 spiro atoms. The Morgan fingerprint density at radius 1 is 1.15 bits per heavy atom. The lowest BCUT2D eigenvalue weighted by Gasteiger charge is -2.36. The zero-order valence-electron chi connectivity index (χ0n) is 16.5. The van der Waals surface area contributed by atoms with E-state index in [2.05, 4.69) is 49.7 Å². The van der Waals surface area contributed by atoms with Crippen molar-refractivity contribution in [1.29, 1.82) is 0 Å². The van der Waals surface area contributed by atoms with Gasteiger partial charge in [-0.2, -0.15) is 0 Å². The minimum absolute atomic E-state index is 0.270. The SMILES string of the molecule is CCCC(CCC)(CN[C@H]1CCc2c(O)ccc(C)c2C1)c1cccs1. The van der Waals surface area contributed by atoms with E-state index in [1.54, 1.807) is 4.88 Å². The summed E-state index contributed by atoms with van der Waals surface area (Å²) in [6.45, 7) is 7.85. The van der Waals surface area contributed by atoms with Crippen LogP contribution in [0.2, 0.25) is 0 Å². The van der Waals surface area contributed by atoms with Crippen molar-refractivity contribution in [3.05, 3.63) is 51.2 Å². The highest BCUT2D eigenvalue weighted by molar-refractivity contribution is 7.10. The molecule has 0 amide bonds. The van der Waals surface area contributed by atoms with Crippen LogP contribution in [0.15, 0.2) is 29.6 Å². The molecule has 1 aromatic carbocycles. The van der Waals surface area contributed by atoms with Gasteiger partial charge in [0.1, 0.15) is 5.75 Å². The van der Waals surface area contributed by atoms with Crippen LogP contribution < -0.4 is 5.32 Å². The van der Waals surface area contributed by atoms with Crippen LogP contribution in [-0.2, 0) is 18.3 Å². The van der Waals surface area contributed by atoms with Crippen molar-refractivity contribution in [1.82, 2.24) is 5.32 Å². The number of benzene rings is 1. The standard InChI is InChI=1S/C23H33NOS/c1-4-12-23(13-5-2,22-7-6-14-26-22)16-24-18-9-10-19-20(15-18)17(3)8-11-21(19)25/h6-8,11,14,18,24-25H,4-5,9-10,12-13,15-16H2,1-3H3/t18-/m0/s1. The van der Waals surface area contributed by atoms with Gasteiger partial charge in [0, 0.05) is 22.9 Å². The summed E-state index contributed by atoms with van der Waals surface area (Å²) in [6, 6.07) is 8.95. The Hall–Kier alpha value is -1.32. The number of aryl methyl sites for hydroxylation is 1. The van der Waals surface area contributed by atoms with Crippen LogP contribution in [-0.4, -0.2) is 17.7 Å². The van der Waals surface area contributed by atoms with E-state index in [4.69, 9.17) is 0 Å². The number of rotatable bonds is 8. The van der Waals surface area contributed by atoms with Crippen LogP contribution in [0.5, 0.6) is 5.75 Å². The zero-order chi connectivity index (χ0) is 18.6. The molecule has 1 atom stereocenters. The highest BCUT2D eigenvalue weighted by atomic mass is 32.1. The molecule has 0 bridgehead atoms. The first-order chi connectivity index (χ1) is 12.6.